The molecular weight excluding hydrogens is 378 g/mol. The summed E-state index contributed by atoms with van der Waals surface area (Å²) in [6.07, 6.45) is 3.45. The van der Waals surface area contributed by atoms with E-state index in [4.69, 9.17) is 10.00 Å². The van der Waals surface area contributed by atoms with Gasteiger partial charge in [0.1, 0.15) is 5.75 Å². The molecule has 0 saturated heterocycles. The van der Waals surface area contributed by atoms with E-state index in [1.165, 1.54) is 0 Å². The molecule has 0 radical (unpaired) electrons. The van der Waals surface area contributed by atoms with E-state index in [0.717, 1.165) is 31.2 Å². The second-order valence-corrected chi connectivity index (χ2v) is 8.04. The van der Waals surface area contributed by atoms with Gasteiger partial charge in [-0.25, -0.2) is 0 Å². The van der Waals surface area contributed by atoms with Gasteiger partial charge in [0.25, 0.3) is 11.8 Å². The quantitative estimate of drug-likeness (QED) is 0.732. The Kier molecular flexibility index (Phi) is 5.71. The minimum Gasteiger partial charge on any atom is -0.481 e. The molecule has 6 nitrogen and oxygen atoms in total. The second kappa shape index (κ2) is 8.58. The Morgan fingerprint density at radius 1 is 1.17 bits per heavy atom. The summed E-state index contributed by atoms with van der Waals surface area (Å²) in [7, 11) is 0. The Bertz CT molecular complexity index is 972. The van der Waals surface area contributed by atoms with Crippen LogP contribution in [0.5, 0.6) is 5.75 Å². The summed E-state index contributed by atoms with van der Waals surface area (Å²) in [5, 5.41) is 12.0. The minimum atomic E-state index is -0.650. The lowest BCUT2D eigenvalue weighted by Crippen LogP contribution is -2.41. The molecule has 2 aromatic carbocycles. The van der Waals surface area contributed by atoms with Crippen molar-refractivity contribution in [3.8, 4) is 11.8 Å². The van der Waals surface area contributed by atoms with Gasteiger partial charge in [0.05, 0.1) is 11.6 Å². The molecule has 1 atom stereocenters. The van der Waals surface area contributed by atoms with Gasteiger partial charge in [-0.2, -0.15) is 5.26 Å². The van der Waals surface area contributed by atoms with Gasteiger partial charge in [0, 0.05) is 24.2 Å². The van der Waals surface area contributed by atoms with Crippen LogP contribution in [-0.2, 0) is 11.3 Å². The molecule has 4 rings (SSSR count). The molecule has 2 aliphatic carbocycles. The van der Waals surface area contributed by atoms with Crippen molar-refractivity contribution in [3.05, 3.63) is 65.2 Å². The number of hydrogen-bond donors (Lipinski definition) is 1. The van der Waals surface area contributed by atoms with Crippen molar-refractivity contribution in [2.75, 3.05) is 0 Å². The minimum absolute atomic E-state index is 0.0409. The molecule has 0 spiro atoms. The third-order valence-corrected chi connectivity index (χ3v) is 5.38. The first-order valence-electron chi connectivity index (χ1n) is 10.4. The molecule has 2 aliphatic rings. The van der Waals surface area contributed by atoms with Gasteiger partial charge in [0.2, 0.25) is 0 Å². The fourth-order valence-corrected chi connectivity index (χ4v) is 3.35. The van der Waals surface area contributed by atoms with E-state index in [0.29, 0.717) is 29.5 Å². The maximum Gasteiger partial charge on any atom is 0.263 e. The summed E-state index contributed by atoms with van der Waals surface area (Å²) >= 11 is 0. The summed E-state index contributed by atoms with van der Waals surface area (Å²) in [6.45, 7) is 2.22. The number of nitrogens with one attached hydrogen (secondary N) is 1. The molecule has 0 aromatic heterocycles. The van der Waals surface area contributed by atoms with Crippen LogP contribution in [0.25, 0.3) is 0 Å². The highest BCUT2D eigenvalue weighted by Crippen LogP contribution is 2.30. The second-order valence-electron chi connectivity index (χ2n) is 8.04. The van der Waals surface area contributed by atoms with Crippen LogP contribution in [-0.4, -0.2) is 34.9 Å². The van der Waals surface area contributed by atoms with Gasteiger partial charge >= 0.3 is 0 Å². The number of benzene rings is 2. The van der Waals surface area contributed by atoms with E-state index in [9.17, 15) is 9.59 Å². The number of nitriles is 1. The molecule has 0 heterocycles. The standard InChI is InChI=1S/C24H25N3O3/c1-16(30-22-4-2-3-18(13-22)14-25)24(29)27(21-11-12-21)15-17-5-7-19(8-6-17)23(28)26-20-9-10-20/h2-8,13,16,20-21H,9-12,15H2,1H3,(H,26,28). The number of carbonyl (C=O) groups is 2. The molecule has 0 aliphatic heterocycles. The Balaban J connectivity index is 1.39. The van der Waals surface area contributed by atoms with Crippen molar-refractivity contribution >= 4 is 11.8 Å². The normalized spacial score (nSPS) is 16.3. The van der Waals surface area contributed by atoms with Gasteiger partial charge in [-0.05, 0) is 68.5 Å². The Morgan fingerprint density at radius 3 is 2.53 bits per heavy atom. The first-order chi connectivity index (χ1) is 14.5. The number of hydrogen-bond acceptors (Lipinski definition) is 4. The van der Waals surface area contributed by atoms with Gasteiger partial charge in [-0.1, -0.05) is 18.2 Å². The molecule has 154 valence electrons. The van der Waals surface area contributed by atoms with Crippen LogP contribution in [0.2, 0.25) is 0 Å². The number of rotatable bonds is 8. The van der Waals surface area contributed by atoms with Crippen molar-refractivity contribution in [3.63, 3.8) is 0 Å². The summed E-state index contributed by atoms with van der Waals surface area (Å²) in [6, 6.07) is 16.9. The molecule has 6 heteroatoms. The van der Waals surface area contributed by atoms with Crippen LogP contribution < -0.4 is 10.1 Å². The number of amides is 2. The maximum atomic E-state index is 13.1. The highest BCUT2D eigenvalue weighted by atomic mass is 16.5. The highest BCUT2D eigenvalue weighted by Gasteiger charge is 2.35. The third kappa shape index (κ3) is 4.98. The van der Waals surface area contributed by atoms with Gasteiger partial charge < -0.3 is 15.0 Å². The fourth-order valence-electron chi connectivity index (χ4n) is 3.35. The highest BCUT2D eigenvalue weighted by molar-refractivity contribution is 5.94. The molecule has 2 saturated carbocycles. The summed E-state index contributed by atoms with van der Waals surface area (Å²) < 4.78 is 5.81. The molecule has 2 amide bonds. The lowest BCUT2D eigenvalue weighted by Gasteiger charge is -2.26. The monoisotopic (exact) mass is 403 g/mol. The summed E-state index contributed by atoms with van der Waals surface area (Å²) in [4.78, 5) is 27.1. The lowest BCUT2D eigenvalue weighted by molar-refractivity contribution is -0.139. The Hall–Kier alpha value is -3.33. The largest absolute Gasteiger partial charge is 0.481 e. The van der Waals surface area contributed by atoms with Crippen LogP contribution >= 0.6 is 0 Å². The van der Waals surface area contributed by atoms with Gasteiger partial charge in [-0.15, -0.1) is 0 Å². The molecule has 30 heavy (non-hydrogen) atoms. The van der Waals surface area contributed by atoms with Crippen molar-refractivity contribution in [1.29, 1.82) is 5.26 Å². The van der Waals surface area contributed by atoms with E-state index < -0.39 is 6.10 Å². The van der Waals surface area contributed by atoms with Crippen LogP contribution in [0.3, 0.4) is 0 Å². The molecule has 1 N–H and O–H groups in total. The summed E-state index contributed by atoms with van der Waals surface area (Å²) in [5.74, 6) is 0.396. The smallest absolute Gasteiger partial charge is 0.263 e. The SMILES string of the molecule is CC(Oc1cccc(C#N)c1)C(=O)N(Cc1ccc(C(=O)NC2CC2)cc1)C1CC1. The van der Waals surface area contributed by atoms with Crippen LogP contribution in [0.4, 0.5) is 0 Å². The van der Waals surface area contributed by atoms with Gasteiger partial charge in [-0.3, -0.25) is 9.59 Å². The van der Waals surface area contributed by atoms with Crippen molar-refractivity contribution < 1.29 is 14.3 Å². The molecule has 2 fully saturated rings. The topological polar surface area (TPSA) is 82.4 Å². The van der Waals surface area contributed by atoms with Crippen molar-refractivity contribution in [2.45, 2.75) is 57.3 Å². The summed E-state index contributed by atoms with van der Waals surface area (Å²) in [5.41, 5.74) is 2.12. The predicted octanol–water partition coefficient (Wildman–Crippen LogP) is 3.41. The predicted molar refractivity (Wildman–Crippen MR) is 112 cm³/mol. The van der Waals surface area contributed by atoms with Gasteiger partial charge in [0.15, 0.2) is 6.10 Å². The van der Waals surface area contributed by atoms with E-state index in [-0.39, 0.29) is 17.9 Å². The molecule has 1 unspecified atom stereocenters. The molecular formula is C24H25N3O3. The maximum absolute atomic E-state index is 13.1. The van der Waals surface area contributed by atoms with E-state index >= 15 is 0 Å². The zero-order valence-electron chi connectivity index (χ0n) is 17.0. The van der Waals surface area contributed by atoms with E-state index in [1.807, 2.05) is 29.2 Å². The van der Waals surface area contributed by atoms with Crippen LogP contribution in [0.1, 0.15) is 54.1 Å². The van der Waals surface area contributed by atoms with Crippen molar-refractivity contribution in [2.24, 2.45) is 0 Å². The first-order valence-corrected chi connectivity index (χ1v) is 10.4. The zero-order chi connectivity index (χ0) is 21.1. The third-order valence-electron chi connectivity index (χ3n) is 5.38. The lowest BCUT2D eigenvalue weighted by atomic mass is 10.1. The van der Waals surface area contributed by atoms with Crippen LogP contribution in [0.15, 0.2) is 48.5 Å². The fraction of sp³-hybridized carbons (Fsp3) is 0.375. The van der Waals surface area contributed by atoms with Crippen molar-refractivity contribution in [1.82, 2.24) is 10.2 Å². The number of nitrogens with zero attached hydrogens (tertiary/aromatic N) is 2. The zero-order valence-corrected chi connectivity index (χ0v) is 17.0. The Labute approximate surface area is 176 Å². The first kappa shape index (κ1) is 20.0. The number of ether oxygens (including phenoxy) is 1. The number of carbonyl (C=O) groups excluding carboxylic acids is 2. The Morgan fingerprint density at radius 2 is 1.90 bits per heavy atom. The molecule has 0 bridgehead atoms. The van der Waals surface area contributed by atoms with E-state index in [1.54, 1.807) is 31.2 Å². The van der Waals surface area contributed by atoms with E-state index in [2.05, 4.69) is 11.4 Å². The van der Waals surface area contributed by atoms with Crippen LogP contribution in [0, 0.1) is 11.3 Å². The average Bonchev–Trinajstić information content (AvgIpc) is 3.67. The average molecular weight is 403 g/mol. The molecule has 2 aromatic rings.